The third kappa shape index (κ3) is 7.82. The molecule has 1 unspecified atom stereocenters. The van der Waals surface area contributed by atoms with Crippen LogP contribution in [0.25, 0.3) is 0 Å². The molecule has 0 spiro atoms. The van der Waals surface area contributed by atoms with E-state index >= 15 is 0 Å². The van der Waals surface area contributed by atoms with Crippen LogP contribution < -0.4 is 9.62 Å². The summed E-state index contributed by atoms with van der Waals surface area (Å²) in [6.07, 6.45) is 2.14. The lowest BCUT2D eigenvalue weighted by molar-refractivity contribution is -0.141. The van der Waals surface area contributed by atoms with Crippen molar-refractivity contribution < 1.29 is 18.0 Å². The van der Waals surface area contributed by atoms with Gasteiger partial charge in [-0.1, -0.05) is 43.3 Å². The normalized spacial score (nSPS) is 12.3. The van der Waals surface area contributed by atoms with E-state index in [0.717, 1.165) is 22.3 Å². The van der Waals surface area contributed by atoms with Gasteiger partial charge >= 0.3 is 0 Å². The van der Waals surface area contributed by atoms with Crippen molar-refractivity contribution in [2.45, 2.75) is 79.4 Å². The van der Waals surface area contributed by atoms with Gasteiger partial charge in [-0.25, -0.2) is 8.42 Å². The third-order valence-corrected chi connectivity index (χ3v) is 7.60. The van der Waals surface area contributed by atoms with Crippen LogP contribution in [0.5, 0.6) is 0 Å². The minimum Gasteiger partial charge on any atom is -0.352 e. The first-order valence-electron chi connectivity index (χ1n) is 12.5. The van der Waals surface area contributed by atoms with Crippen LogP contribution in [-0.4, -0.2) is 50.0 Å². The lowest BCUT2D eigenvalue weighted by Crippen LogP contribution is -2.50. The van der Waals surface area contributed by atoms with Crippen molar-refractivity contribution in [1.29, 1.82) is 0 Å². The Morgan fingerprint density at radius 1 is 0.972 bits per heavy atom. The van der Waals surface area contributed by atoms with Crippen molar-refractivity contribution in [1.82, 2.24) is 10.2 Å². The number of hydrogen-bond donors (Lipinski definition) is 1. The molecule has 0 saturated heterocycles. The van der Waals surface area contributed by atoms with E-state index in [-0.39, 0.29) is 30.8 Å². The van der Waals surface area contributed by atoms with Crippen LogP contribution in [0.3, 0.4) is 0 Å². The maximum Gasteiger partial charge on any atom is 0.243 e. The number of carbonyl (C=O) groups excluding carboxylic acids is 2. The molecule has 0 aliphatic heterocycles. The van der Waals surface area contributed by atoms with Gasteiger partial charge in [0.05, 0.1) is 11.9 Å². The summed E-state index contributed by atoms with van der Waals surface area (Å²) >= 11 is 0. The number of aryl methyl sites for hydroxylation is 2. The second-order valence-corrected chi connectivity index (χ2v) is 11.6. The molecule has 0 aliphatic carbocycles. The number of carbonyl (C=O) groups is 2. The number of anilines is 1. The van der Waals surface area contributed by atoms with Gasteiger partial charge in [0.25, 0.3) is 0 Å². The standard InChI is InChI=1S/C28H41N3O4S/c1-8-25(28(33)29-20(2)3)30(19-24-15-10-9-13-22(24)5)27(32)17-12-18-31(36(7,34)35)26-16-11-14-21(4)23(26)6/h9-11,13-16,20,25H,8,12,17-19H2,1-7H3,(H,29,33). The highest BCUT2D eigenvalue weighted by Gasteiger charge is 2.29. The predicted molar refractivity (Wildman–Crippen MR) is 146 cm³/mol. The van der Waals surface area contributed by atoms with E-state index in [9.17, 15) is 18.0 Å². The van der Waals surface area contributed by atoms with Crippen LogP contribution in [0.15, 0.2) is 42.5 Å². The summed E-state index contributed by atoms with van der Waals surface area (Å²) in [7, 11) is -3.53. The highest BCUT2D eigenvalue weighted by atomic mass is 32.2. The molecule has 0 radical (unpaired) electrons. The van der Waals surface area contributed by atoms with E-state index in [2.05, 4.69) is 5.32 Å². The summed E-state index contributed by atoms with van der Waals surface area (Å²) in [6.45, 7) is 12.0. The highest BCUT2D eigenvalue weighted by Crippen LogP contribution is 2.25. The van der Waals surface area contributed by atoms with Crippen LogP contribution in [-0.2, 0) is 26.2 Å². The van der Waals surface area contributed by atoms with Crippen molar-refractivity contribution in [2.75, 3.05) is 17.1 Å². The van der Waals surface area contributed by atoms with Gasteiger partial charge in [-0.05, 0) is 75.8 Å². The lowest BCUT2D eigenvalue weighted by atomic mass is 10.0. The number of benzene rings is 2. The van der Waals surface area contributed by atoms with Crippen molar-refractivity contribution in [3.8, 4) is 0 Å². The molecule has 198 valence electrons. The fourth-order valence-corrected chi connectivity index (χ4v) is 5.28. The molecule has 8 heteroatoms. The summed E-state index contributed by atoms with van der Waals surface area (Å²) in [4.78, 5) is 28.1. The Bertz CT molecular complexity index is 1160. The molecule has 2 rings (SSSR count). The van der Waals surface area contributed by atoms with E-state index in [0.29, 0.717) is 25.1 Å². The fraction of sp³-hybridized carbons (Fsp3) is 0.500. The van der Waals surface area contributed by atoms with Crippen molar-refractivity contribution in [2.24, 2.45) is 0 Å². The average molecular weight is 516 g/mol. The molecule has 2 aromatic carbocycles. The molecule has 36 heavy (non-hydrogen) atoms. The van der Waals surface area contributed by atoms with Crippen LogP contribution in [0.2, 0.25) is 0 Å². The van der Waals surface area contributed by atoms with Gasteiger partial charge in [-0.2, -0.15) is 0 Å². The maximum absolute atomic E-state index is 13.5. The molecule has 2 aromatic rings. The number of rotatable bonds is 12. The quantitative estimate of drug-likeness (QED) is 0.451. The van der Waals surface area contributed by atoms with Gasteiger partial charge in [-0.3, -0.25) is 13.9 Å². The molecule has 0 saturated carbocycles. The summed E-state index contributed by atoms with van der Waals surface area (Å²) in [5.74, 6) is -0.346. The predicted octanol–water partition coefficient (Wildman–Crippen LogP) is 4.49. The molecular weight excluding hydrogens is 474 g/mol. The molecular formula is C28H41N3O4S. The van der Waals surface area contributed by atoms with Gasteiger partial charge in [0, 0.05) is 25.6 Å². The monoisotopic (exact) mass is 515 g/mol. The SMILES string of the molecule is CCC(C(=O)NC(C)C)N(Cc1ccccc1C)C(=O)CCCN(c1cccc(C)c1C)S(C)(=O)=O. The van der Waals surface area contributed by atoms with Crippen molar-refractivity contribution in [3.05, 3.63) is 64.7 Å². The summed E-state index contributed by atoms with van der Waals surface area (Å²) in [6, 6.07) is 12.8. The Balaban J connectivity index is 2.26. The molecule has 1 N–H and O–H groups in total. The maximum atomic E-state index is 13.5. The number of nitrogens with one attached hydrogen (secondary N) is 1. The zero-order chi connectivity index (χ0) is 27.0. The van der Waals surface area contributed by atoms with E-state index < -0.39 is 16.1 Å². The number of hydrogen-bond acceptors (Lipinski definition) is 4. The molecule has 0 aromatic heterocycles. The summed E-state index contributed by atoms with van der Waals surface area (Å²) < 4.78 is 26.6. The Morgan fingerprint density at radius 3 is 2.19 bits per heavy atom. The Labute approximate surface area is 216 Å². The molecule has 0 bridgehead atoms. The molecule has 0 fully saturated rings. The lowest BCUT2D eigenvalue weighted by Gasteiger charge is -2.32. The third-order valence-electron chi connectivity index (χ3n) is 6.42. The molecule has 7 nitrogen and oxygen atoms in total. The first-order chi connectivity index (χ1) is 16.9. The first kappa shape index (κ1) is 29.4. The number of nitrogens with zero attached hydrogens (tertiary/aromatic N) is 2. The Kier molecular flexibility index (Phi) is 10.5. The minimum atomic E-state index is -3.53. The Morgan fingerprint density at radius 2 is 1.61 bits per heavy atom. The van der Waals surface area contributed by atoms with Gasteiger partial charge in [0.1, 0.15) is 6.04 Å². The van der Waals surface area contributed by atoms with Crippen molar-refractivity contribution >= 4 is 27.5 Å². The van der Waals surface area contributed by atoms with Gasteiger partial charge in [0.15, 0.2) is 0 Å². The highest BCUT2D eigenvalue weighted by molar-refractivity contribution is 7.92. The van der Waals surface area contributed by atoms with Gasteiger partial charge < -0.3 is 10.2 Å². The second kappa shape index (κ2) is 12.9. The molecule has 0 heterocycles. The van der Waals surface area contributed by atoms with E-state index in [1.165, 1.54) is 10.6 Å². The van der Waals surface area contributed by atoms with Crippen molar-refractivity contribution in [3.63, 3.8) is 0 Å². The molecule has 2 amide bonds. The van der Waals surface area contributed by atoms with Crippen LogP contribution in [0.1, 0.15) is 62.3 Å². The molecule has 1 atom stereocenters. The largest absolute Gasteiger partial charge is 0.352 e. The fourth-order valence-electron chi connectivity index (χ4n) is 4.26. The number of amides is 2. The van der Waals surface area contributed by atoms with Crippen LogP contribution in [0.4, 0.5) is 5.69 Å². The topological polar surface area (TPSA) is 86.8 Å². The van der Waals surface area contributed by atoms with E-state index in [1.54, 1.807) is 11.0 Å². The Hall–Kier alpha value is -2.87. The molecule has 0 aliphatic rings. The van der Waals surface area contributed by atoms with Gasteiger partial charge in [-0.15, -0.1) is 0 Å². The van der Waals surface area contributed by atoms with E-state index in [4.69, 9.17) is 0 Å². The van der Waals surface area contributed by atoms with Crippen LogP contribution >= 0.6 is 0 Å². The zero-order valence-electron chi connectivity index (χ0n) is 22.7. The second-order valence-electron chi connectivity index (χ2n) is 9.69. The zero-order valence-corrected chi connectivity index (χ0v) is 23.5. The first-order valence-corrected chi connectivity index (χ1v) is 14.4. The van der Waals surface area contributed by atoms with Crippen LogP contribution in [0, 0.1) is 20.8 Å². The minimum absolute atomic E-state index is 0.0390. The summed E-state index contributed by atoms with van der Waals surface area (Å²) in [5.41, 5.74) is 4.56. The van der Waals surface area contributed by atoms with Gasteiger partial charge in [0.2, 0.25) is 21.8 Å². The smallest absolute Gasteiger partial charge is 0.243 e. The van der Waals surface area contributed by atoms with E-state index in [1.807, 2.05) is 77.9 Å². The number of sulfonamides is 1. The average Bonchev–Trinajstić information content (AvgIpc) is 2.78. The summed E-state index contributed by atoms with van der Waals surface area (Å²) in [5, 5.41) is 2.94.